The van der Waals surface area contributed by atoms with Crippen LogP contribution in [-0.2, 0) is 7.05 Å². The zero-order valence-corrected chi connectivity index (χ0v) is 11.0. The lowest BCUT2D eigenvalue weighted by atomic mass is 10.0. The molecule has 2 atom stereocenters. The van der Waals surface area contributed by atoms with Crippen molar-refractivity contribution < 1.29 is 0 Å². The van der Waals surface area contributed by atoms with Crippen molar-refractivity contribution in [3.8, 4) is 0 Å². The fraction of sp³-hybridized carbons (Fsp3) is 0.769. The van der Waals surface area contributed by atoms with Crippen molar-refractivity contribution in [1.82, 2.24) is 14.7 Å². The smallest absolute Gasteiger partial charge is 0.0537 e. The Kier molecular flexibility index (Phi) is 4.18. The summed E-state index contributed by atoms with van der Waals surface area (Å²) in [5, 5.41) is 4.17. The highest BCUT2D eigenvalue weighted by atomic mass is 15.2. The summed E-state index contributed by atoms with van der Waals surface area (Å²) in [5.41, 5.74) is 7.36. The molecule has 1 aromatic heterocycles. The molecule has 2 N–H and O–H groups in total. The summed E-state index contributed by atoms with van der Waals surface area (Å²) >= 11 is 0. The highest BCUT2D eigenvalue weighted by molar-refractivity contribution is 5.10. The molecule has 4 heteroatoms. The molecular formula is C13H24N4. The van der Waals surface area contributed by atoms with Gasteiger partial charge in [0.15, 0.2) is 0 Å². The molecule has 2 unspecified atom stereocenters. The zero-order chi connectivity index (χ0) is 12.3. The van der Waals surface area contributed by atoms with E-state index < -0.39 is 0 Å². The fourth-order valence-corrected chi connectivity index (χ4v) is 2.74. The van der Waals surface area contributed by atoms with E-state index in [0.29, 0.717) is 0 Å². The van der Waals surface area contributed by atoms with E-state index in [0.717, 1.165) is 18.0 Å². The molecule has 1 fully saturated rings. The van der Waals surface area contributed by atoms with Gasteiger partial charge in [0, 0.05) is 37.9 Å². The molecule has 17 heavy (non-hydrogen) atoms. The zero-order valence-electron chi connectivity index (χ0n) is 11.0. The molecule has 0 bridgehead atoms. The lowest BCUT2D eigenvalue weighted by molar-refractivity contribution is 0.300. The second-order valence-electron chi connectivity index (χ2n) is 5.26. The Balaban J connectivity index is 1.82. The van der Waals surface area contributed by atoms with Crippen molar-refractivity contribution in [1.29, 1.82) is 0 Å². The molecule has 0 amide bonds. The molecule has 0 aromatic carbocycles. The largest absolute Gasteiger partial charge is 0.323 e. The quantitative estimate of drug-likeness (QED) is 0.843. The van der Waals surface area contributed by atoms with Crippen LogP contribution in [0.1, 0.15) is 37.8 Å². The molecule has 0 aliphatic carbocycles. The van der Waals surface area contributed by atoms with E-state index in [-0.39, 0.29) is 6.04 Å². The first-order chi connectivity index (χ1) is 8.19. The Morgan fingerprint density at radius 3 is 3.06 bits per heavy atom. The molecule has 2 heterocycles. The maximum atomic E-state index is 6.21. The highest BCUT2D eigenvalue weighted by Gasteiger charge is 2.23. The molecule has 96 valence electrons. The summed E-state index contributed by atoms with van der Waals surface area (Å²) in [6, 6.07) is 0.101. The average molecular weight is 236 g/mol. The summed E-state index contributed by atoms with van der Waals surface area (Å²) in [6.45, 7) is 5.66. The van der Waals surface area contributed by atoms with Crippen molar-refractivity contribution >= 4 is 0 Å². The van der Waals surface area contributed by atoms with E-state index in [1.54, 1.807) is 0 Å². The van der Waals surface area contributed by atoms with Crippen molar-refractivity contribution in [2.45, 2.75) is 32.2 Å². The Morgan fingerprint density at radius 2 is 2.41 bits per heavy atom. The summed E-state index contributed by atoms with van der Waals surface area (Å²) in [6.07, 6.45) is 7.90. The van der Waals surface area contributed by atoms with Crippen LogP contribution in [-0.4, -0.2) is 34.3 Å². The van der Waals surface area contributed by atoms with Crippen LogP contribution in [0.5, 0.6) is 0 Å². The number of aryl methyl sites for hydroxylation is 1. The van der Waals surface area contributed by atoms with Gasteiger partial charge < -0.3 is 10.6 Å². The number of rotatable bonds is 5. The van der Waals surface area contributed by atoms with E-state index >= 15 is 0 Å². The first-order valence-electron chi connectivity index (χ1n) is 6.65. The molecule has 1 aliphatic rings. The Bertz CT molecular complexity index is 347. The Labute approximate surface area is 104 Å². The molecular weight excluding hydrogens is 212 g/mol. The van der Waals surface area contributed by atoms with Crippen LogP contribution in [0.15, 0.2) is 12.4 Å². The first-order valence-corrected chi connectivity index (χ1v) is 6.65. The van der Waals surface area contributed by atoms with Crippen LogP contribution in [0.2, 0.25) is 0 Å². The van der Waals surface area contributed by atoms with Crippen molar-refractivity contribution in [2.24, 2.45) is 18.7 Å². The summed E-state index contributed by atoms with van der Waals surface area (Å²) in [7, 11) is 1.93. The molecule has 2 rings (SSSR count). The van der Waals surface area contributed by atoms with Gasteiger partial charge in [0.2, 0.25) is 0 Å². The molecule has 4 nitrogen and oxygen atoms in total. The van der Waals surface area contributed by atoms with Gasteiger partial charge in [-0.15, -0.1) is 0 Å². The lowest BCUT2D eigenvalue weighted by Gasteiger charge is -2.20. The first kappa shape index (κ1) is 12.6. The number of likely N-dealkylation sites (tertiary alicyclic amines) is 1. The van der Waals surface area contributed by atoms with Crippen molar-refractivity contribution in [3.63, 3.8) is 0 Å². The minimum atomic E-state index is 0.101. The third-order valence-electron chi connectivity index (χ3n) is 3.67. The molecule has 1 saturated heterocycles. The Hall–Kier alpha value is -0.870. The van der Waals surface area contributed by atoms with E-state index in [1.807, 2.05) is 24.1 Å². The van der Waals surface area contributed by atoms with Gasteiger partial charge in [0.1, 0.15) is 0 Å². The predicted molar refractivity (Wildman–Crippen MR) is 69.6 cm³/mol. The van der Waals surface area contributed by atoms with E-state index in [9.17, 15) is 0 Å². The number of nitrogens with zero attached hydrogens (tertiary/aromatic N) is 3. The van der Waals surface area contributed by atoms with Crippen LogP contribution in [0.4, 0.5) is 0 Å². The van der Waals surface area contributed by atoms with Gasteiger partial charge in [-0.1, -0.05) is 13.3 Å². The number of nitrogens with two attached hydrogens (primary N) is 1. The third kappa shape index (κ3) is 3.30. The van der Waals surface area contributed by atoms with Crippen LogP contribution in [0.25, 0.3) is 0 Å². The summed E-state index contributed by atoms with van der Waals surface area (Å²) in [4.78, 5) is 2.50. The van der Waals surface area contributed by atoms with E-state index in [2.05, 4.69) is 16.9 Å². The lowest BCUT2D eigenvalue weighted by Crippen LogP contribution is -2.30. The maximum absolute atomic E-state index is 6.21. The fourth-order valence-electron chi connectivity index (χ4n) is 2.74. The van der Waals surface area contributed by atoms with E-state index in [1.165, 1.54) is 32.4 Å². The SMILES string of the molecule is CCCC1CCN(CC(N)c2cnn(C)c2)C1. The molecule has 0 saturated carbocycles. The molecule has 1 aromatic rings. The molecule has 0 spiro atoms. The molecule has 0 radical (unpaired) electrons. The van der Waals surface area contributed by atoms with E-state index in [4.69, 9.17) is 5.73 Å². The Morgan fingerprint density at radius 1 is 1.59 bits per heavy atom. The monoisotopic (exact) mass is 236 g/mol. The number of aromatic nitrogens is 2. The minimum absolute atomic E-state index is 0.101. The predicted octanol–water partition coefficient (Wildman–Crippen LogP) is 1.54. The van der Waals surface area contributed by atoms with Gasteiger partial charge in [-0.3, -0.25) is 4.68 Å². The van der Waals surface area contributed by atoms with Crippen molar-refractivity contribution in [2.75, 3.05) is 19.6 Å². The second-order valence-corrected chi connectivity index (χ2v) is 5.26. The third-order valence-corrected chi connectivity index (χ3v) is 3.67. The number of hydrogen-bond donors (Lipinski definition) is 1. The van der Waals surface area contributed by atoms with Crippen LogP contribution < -0.4 is 5.73 Å². The van der Waals surface area contributed by atoms with Crippen molar-refractivity contribution in [3.05, 3.63) is 18.0 Å². The minimum Gasteiger partial charge on any atom is -0.323 e. The van der Waals surface area contributed by atoms with Gasteiger partial charge in [-0.25, -0.2) is 0 Å². The van der Waals surface area contributed by atoms with Gasteiger partial charge in [0.05, 0.1) is 6.20 Å². The maximum Gasteiger partial charge on any atom is 0.0537 e. The van der Waals surface area contributed by atoms with Crippen LogP contribution >= 0.6 is 0 Å². The van der Waals surface area contributed by atoms with Gasteiger partial charge in [-0.2, -0.15) is 5.10 Å². The van der Waals surface area contributed by atoms with Gasteiger partial charge >= 0.3 is 0 Å². The second kappa shape index (κ2) is 5.65. The summed E-state index contributed by atoms with van der Waals surface area (Å²) < 4.78 is 1.82. The normalized spacial score (nSPS) is 23.1. The van der Waals surface area contributed by atoms with Crippen LogP contribution in [0, 0.1) is 5.92 Å². The van der Waals surface area contributed by atoms with Crippen LogP contribution in [0.3, 0.4) is 0 Å². The van der Waals surface area contributed by atoms with Gasteiger partial charge in [-0.05, 0) is 25.3 Å². The topological polar surface area (TPSA) is 47.1 Å². The standard InChI is InChI=1S/C13H24N4/c1-3-4-11-5-6-17(8-11)10-13(14)12-7-15-16(2)9-12/h7,9,11,13H,3-6,8,10,14H2,1-2H3. The molecule has 1 aliphatic heterocycles. The van der Waals surface area contributed by atoms with Gasteiger partial charge in [0.25, 0.3) is 0 Å². The number of hydrogen-bond acceptors (Lipinski definition) is 3. The summed E-state index contributed by atoms with van der Waals surface area (Å²) in [5.74, 6) is 0.890. The highest BCUT2D eigenvalue weighted by Crippen LogP contribution is 2.22. The average Bonchev–Trinajstić information content (AvgIpc) is 2.88.